The zero-order valence-electron chi connectivity index (χ0n) is 21.4. The average molecular weight is 498 g/mol. The van der Waals surface area contributed by atoms with Crippen molar-refractivity contribution in [1.29, 1.82) is 0 Å². The molecule has 0 bridgehead atoms. The van der Waals surface area contributed by atoms with Crippen LogP contribution in [0.3, 0.4) is 0 Å². The standard InChI is InChI=1S/C28H31N7O2/c1-34(2)11-8-22-18(17-9-13-37-16-17)4-5-24(32-22)33-23-15-30-26(21-14-31-28(36)25(21)23)19-6-10-29-27-20(19)7-12-35(27)3/h4-7,10,12,15,17H,8-9,11,13-14,16H2,1-3H3,(H,31,36)(H,32,33)/t17-/m0/s1. The third-order valence-corrected chi connectivity index (χ3v) is 7.29. The molecule has 9 heteroatoms. The van der Waals surface area contributed by atoms with E-state index in [0.29, 0.717) is 29.5 Å². The number of nitrogens with zero attached hydrogens (tertiary/aromatic N) is 5. The Morgan fingerprint density at radius 2 is 2.11 bits per heavy atom. The second kappa shape index (κ2) is 9.57. The van der Waals surface area contributed by atoms with Gasteiger partial charge in [-0.1, -0.05) is 6.07 Å². The fourth-order valence-corrected chi connectivity index (χ4v) is 5.34. The molecule has 4 aromatic heterocycles. The van der Waals surface area contributed by atoms with Crippen LogP contribution in [0.5, 0.6) is 0 Å². The van der Waals surface area contributed by atoms with Crippen LogP contribution < -0.4 is 10.6 Å². The highest BCUT2D eigenvalue weighted by Gasteiger charge is 2.28. The van der Waals surface area contributed by atoms with Crippen LogP contribution in [0.25, 0.3) is 22.3 Å². The molecule has 0 radical (unpaired) electrons. The van der Waals surface area contributed by atoms with Gasteiger partial charge >= 0.3 is 0 Å². The van der Waals surface area contributed by atoms with E-state index in [0.717, 1.165) is 66.1 Å². The molecule has 0 saturated carbocycles. The average Bonchev–Trinajstić information content (AvgIpc) is 3.65. The lowest BCUT2D eigenvalue weighted by Crippen LogP contribution is -2.18. The molecule has 1 saturated heterocycles. The van der Waals surface area contributed by atoms with Gasteiger partial charge in [0.1, 0.15) is 11.5 Å². The molecule has 190 valence electrons. The van der Waals surface area contributed by atoms with E-state index in [2.05, 4.69) is 40.7 Å². The Bertz CT molecular complexity index is 1490. The Morgan fingerprint density at radius 3 is 2.92 bits per heavy atom. The van der Waals surface area contributed by atoms with Gasteiger partial charge in [0.2, 0.25) is 0 Å². The Balaban J connectivity index is 1.37. The molecule has 1 amide bonds. The van der Waals surface area contributed by atoms with E-state index in [1.54, 1.807) is 12.4 Å². The molecule has 2 aliphatic rings. The van der Waals surface area contributed by atoms with Crippen LogP contribution in [0.15, 0.2) is 42.9 Å². The number of aromatic nitrogens is 4. The van der Waals surface area contributed by atoms with Gasteiger partial charge in [0.25, 0.3) is 5.91 Å². The third kappa shape index (κ3) is 4.34. The van der Waals surface area contributed by atoms with Crippen LogP contribution in [-0.4, -0.2) is 64.2 Å². The Labute approximate surface area is 215 Å². The zero-order chi connectivity index (χ0) is 25.5. The number of fused-ring (bicyclic) bond motifs is 2. The van der Waals surface area contributed by atoms with Gasteiger partial charge in [0.05, 0.1) is 29.7 Å². The van der Waals surface area contributed by atoms with Crippen molar-refractivity contribution in [3.63, 3.8) is 0 Å². The molecule has 6 rings (SSSR count). The molecule has 0 aromatic carbocycles. The summed E-state index contributed by atoms with van der Waals surface area (Å²) in [6, 6.07) is 8.16. The van der Waals surface area contributed by atoms with E-state index in [-0.39, 0.29) is 5.91 Å². The minimum atomic E-state index is -0.105. The zero-order valence-corrected chi connectivity index (χ0v) is 21.4. The summed E-state index contributed by atoms with van der Waals surface area (Å²) in [5.74, 6) is 0.985. The van der Waals surface area contributed by atoms with E-state index in [9.17, 15) is 4.79 Å². The Morgan fingerprint density at radius 1 is 1.22 bits per heavy atom. The van der Waals surface area contributed by atoms with Crippen molar-refractivity contribution in [2.24, 2.45) is 7.05 Å². The number of nitrogens with one attached hydrogen (secondary N) is 2. The number of pyridine rings is 3. The largest absolute Gasteiger partial charge is 0.381 e. The molecule has 4 aromatic rings. The summed E-state index contributed by atoms with van der Waals surface area (Å²) >= 11 is 0. The summed E-state index contributed by atoms with van der Waals surface area (Å²) in [6.07, 6.45) is 7.39. The summed E-state index contributed by atoms with van der Waals surface area (Å²) < 4.78 is 7.63. The molecule has 2 N–H and O–H groups in total. The van der Waals surface area contributed by atoms with Gasteiger partial charge in [0.15, 0.2) is 0 Å². The maximum Gasteiger partial charge on any atom is 0.254 e. The second-order valence-corrected chi connectivity index (χ2v) is 10.1. The molecule has 37 heavy (non-hydrogen) atoms. The maximum absolute atomic E-state index is 13.0. The van der Waals surface area contributed by atoms with Crippen molar-refractivity contribution in [2.75, 3.05) is 39.2 Å². The van der Waals surface area contributed by atoms with Crippen molar-refractivity contribution in [3.8, 4) is 11.3 Å². The number of aryl methyl sites for hydroxylation is 1. The highest BCUT2D eigenvalue weighted by molar-refractivity contribution is 6.06. The summed E-state index contributed by atoms with van der Waals surface area (Å²) in [7, 11) is 6.11. The van der Waals surface area contributed by atoms with Gasteiger partial charge < -0.3 is 24.8 Å². The van der Waals surface area contributed by atoms with Crippen LogP contribution in [0.1, 0.15) is 39.5 Å². The van der Waals surface area contributed by atoms with Gasteiger partial charge in [-0.05, 0) is 44.3 Å². The molecule has 6 heterocycles. The number of anilines is 2. The fraction of sp³-hybridized carbons (Fsp3) is 0.357. The highest BCUT2D eigenvalue weighted by atomic mass is 16.5. The van der Waals surface area contributed by atoms with Gasteiger partial charge in [-0.3, -0.25) is 9.78 Å². The first kappa shape index (κ1) is 23.6. The van der Waals surface area contributed by atoms with Crippen molar-refractivity contribution in [3.05, 3.63) is 65.2 Å². The highest BCUT2D eigenvalue weighted by Crippen LogP contribution is 2.36. The van der Waals surface area contributed by atoms with Crippen LogP contribution in [0.2, 0.25) is 0 Å². The smallest absolute Gasteiger partial charge is 0.254 e. The Kier molecular flexibility index (Phi) is 6.10. The lowest BCUT2D eigenvalue weighted by Gasteiger charge is -2.18. The SMILES string of the molecule is CN(C)CCc1nc(Nc2cnc(-c3ccnc4c3ccn4C)c3c2C(=O)NC3)ccc1[C@H]1CCOC1. The lowest BCUT2D eigenvalue weighted by atomic mass is 9.95. The second-order valence-electron chi connectivity index (χ2n) is 10.1. The number of carbonyl (C=O) groups is 1. The first-order valence-electron chi connectivity index (χ1n) is 12.7. The molecule has 0 aliphatic carbocycles. The minimum Gasteiger partial charge on any atom is -0.381 e. The first-order chi connectivity index (χ1) is 18.0. The maximum atomic E-state index is 13.0. The molecular weight excluding hydrogens is 466 g/mol. The van der Waals surface area contributed by atoms with Crippen molar-refractivity contribution >= 4 is 28.4 Å². The predicted octanol–water partition coefficient (Wildman–Crippen LogP) is 3.63. The number of carbonyl (C=O) groups excluding carboxylic acids is 1. The molecule has 1 fully saturated rings. The van der Waals surface area contributed by atoms with E-state index >= 15 is 0 Å². The van der Waals surface area contributed by atoms with Gasteiger partial charge in [0, 0.05) is 73.7 Å². The van der Waals surface area contributed by atoms with Crippen molar-refractivity contribution in [1.82, 2.24) is 29.7 Å². The number of hydrogen-bond acceptors (Lipinski definition) is 7. The summed E-state index contributed by atoms with van der Waals surface area (Å²) in [5, 5.41) is 7.40. The van der Waals surface area contributed by atoms with E-state index in [4.69, 9.17) is 14.7 Å². The topological polar surface area (TPSA) is 97.2 Å². The lowest BCUT2D eigenvalue weighted by molar-refractivity contribution is 0.0966. The number of rotatable bonds is 7. The molecule has 0 spiro atoms. The van der Waals surface area contributed by atoms with Crippen LogP contribution >= 0.6 is 0 Å². The van der Waals surface area contributed by atoms with Crippen molar-refractivity contribution in [2.45, 2.75) is 25.3 Å². The predicted molar refractivity (Wildman–Crippen MR) is 143 cm³/mol. The van der Waals surface area contributed by atoms with Crippen molar-refractivity contribution < 1.29 is 9.53 Å². The van der Waals surface area contributed by atoms with Crippen LogP contribution in [0, 0.1) is 0 Å². The van der Waals surface area contributed by atoms with Crippen LogP contribution in [0.4, 0.5) is 11.5 Å². The number of likely N-dealkylation sites (N-methyl/N-ethyl adjacent to an activating group) is 1. The summed E-state index contributed by atoms with van der Waals surface area (Å²) in [4.78, 5) is 29.5. The molecule has 0 unspecified atom stereocenters. The molecular formula is C28H31N7O2. The first-order valence-corrected chi connectivity index (χ1v) is 12.7. The summed E-state index contributed by atoms with van der Waals surface area (Å²) in [5.41, 5.74) is 7.15. The minimum absolute atomic E-state index is 0.105. The molecule has 2 aliphatic heterocycles. The van der Waals surface area contributed by atoms with E-state index < -0.39 is 0 Å². The fourth-order valence-electron chi connectivity index (χ4n) is 5.34. The molecule has 1 atom stereocenters. The van der Waals surface area contributed by atoms with E-state index in [1.807, 2.05) is 36.0 Å². The summed E-state index contributed by atoms with van der Waals surface area (Å²) in [6.45, 7) is 2.88. The third-order valence-electron chi connectivity index (χ3n) is 7.29. The van der Waals surface area contributed by atoms with Gasteiger partial charge in [-0.15, -0.1) is 0 Å². The monoisotopic (exact) mass is 497 g/mol. The van der Waals surface area contributed by atoms with E-state index in [1.165, 1.54) is 5.56 Å². The van der Waals surface area contributed by atoms with Gasteiger partial charge in [-0.25, -0.2) is 9.97 Å². The number of hydrogen-bond donors (Lipinski definition) is 2. The molecule has 9 nitrogen and oxygen atoms in total. The number of amides is 1. The van der Waals surface area contributed by atoms with Crippen LogP contribution in [-0.2, 0) is 24.8 Å². The van der Waals surface area contributed by atoms with Gasteiger partial charge in [-0.2, -0.15) is 0 Å². The quantitative estimate of drug-likeness (QED) is 0.402. The number of ether oxygens (including phenoxy) is 1. The normalized spacial score (nSPS) is 17.0. The Hall–Kier alpha value is -3.82.